The van der Waals surface area contributed by atoms with E-state index in [0.717, 1.165) is 31.5 Å². The number of hydrogen-bond donors (Lipinski definition) is 0. The fraction of sp³-hybridized carbons (Fsp3) is 0.444. The number of aromatic nitrogens is 3. The third kappa shape index (κ3) is 3.12. The van der Waals surface area contributed by atoms with E-state index in [-0.39, 0.29) is 29.9 Å². The average Bonchev–Trinajstić information content (AvgIpc) is 3.27. The predicted molar refractivity (Wildman–Crippen MR) is 91.7 cm³/mol. The first kappa shape index (κ1) is 18.5. The van der Waals surface area contributed by atoms with Crippen LogP contribution in [0, 0.1) is 6.92 Å². The molecule has 0 aliphatic carbocycles. The van der Waals surface area contributed by atoms with Gasteiger partial charge < -0.3 is 9.80 Å². The molecule has 2 fully saturated rings. The van der Waals surface area contributed by atoms with Gasteiger partial charge in [0.05, 0.1) is 16.9 Å². The van der Waals surface area contributed by atoms with Crippen LogP contribution in [0.1, 0.15) is 34.6 Å². The summed E-state index contributed by atoms with van der Waals surface area (Å²) in [6, 6.07) is 4.68. The number of nitrogens with zero attached hydrogens (tertiary/aromatic N) is 5. The number of rotatable bonds is 2. The van der Waals surface area contributed by atoms with Gasteiger partial charge in [-0.2, -0.15) is 13.2 Å². The maximum absolute atomic E-state index is 13.0. The molecule has 0 spiro atoms. The van der Waals surface area contributed by atoms with Gasteiger partial charge >= 0.3 is 6.18 Å². The van der Waals surface area contributed by atoms with E-state index >= 15 is 0 Å². The first-order valence-corrected chi connectivity index (χ1v) is 8.94. The standard InChI is InChI=1S/C18H18F3N5O2/c1-11-16(17(28)24-9-14-6-3-7-25(14)15(27)10-24)22-23-26(11)13-5-2-4-12(8-13)18(19,20)21/h2,4-5,8,14H,3,6-7,9-10H2,1H3/t14-/m1/s1. The Kier molecular flexibility index (Phi) is 4.35. The van der Waals surface area contributed by atoms with Gasteiger partial charge in [0.2, 0.25) is 5.91 Å². The van der Waals surface area contributed by atoms with Crippen LogP contribution in [0.15, 0.2) is 24.3 Å². The van der Waals surface area contributed by atoms with Crippen molar-refractivity contribution in [1.29, 1.82) is 0 Å². The lowest BCUT2D eigenvalue weighted by Gasteiger charge is -2.36. The molecule has 7 nitrogen and oxygen atoms in total. The van der Waals surface area contributed by atoms with Crippen molar-refractivity contribution in [3.05, 3.63) is 41.2 Å². The Labute approximate surface area is 158 Å². The van der Waals surface area contributed by atoms with Crippen LogP contribution in [0.3, 0.4) is 0 Å². The number of fused-ring (bicyclic) bond motifs is 1. The van der Waals surface area contributed by atoms with Crippen LogP contribution in [0.2, 0.25) is 0 Å². The number of hydrogen-bond acceptors (Lipinski definition) is 4. The van der Waals surface area contributed by atoms with Crippen LogP contribution < -0.4 is 0 Å². The quantitative estimate of drug-likeness (QED) is 0.783. The van der Waals surface area contributed by atoms with Crippen LogP contribution in [0.4, 0.5) is 13.2 Å². The summed E-state index contributed by atoms with van der Waals surface area (Å²) in [5.74, 6) is -0.527. The largest absolute Gasteiger partial charge is 0.416 e. The van der Waals surface area contributed by atoms with Crippen molar-refractivity contribution in [2.45, 2.75) is 32.0 Å². The summed E-state index contributed by atoms with van der Waals surface area (Å²) in [5, 5.41) is 7.75. The van der Waals surface area contributed by atoms with Crippen molar-refractivity contribution in [3.8, 4) is 5.69 Å². The summed E-state index contributed by atoms with van der Waals surface area (Å²) >= 11 is 0. The van der Waals surface area contributed by atoms with Gasteiger partial charge in [0, 0.05) is 19.1 Å². The number of carbonyl (C=O) groups is 2. The smallest absolute Gasteiger partial charge is 0.336 e. The molecular formula is C18H18F3N5O2. The Morgan fingerprint density at radius 1 is 1.29 bits per heavy atom. The summed E-state index contributed by atoms with van der Waals surface area (Å²) < 4.78 is 40.1. The lowest BCUT2D eigenvalue weighted by molar-refractivity contribution is -0.138. The van der Waals surface area contributed by atoms with Crippen molar-refractivity contribution in [3.63, 3.8) is 0 Å². The molecule has 1 aromatic carbocycles. The zero-order chi connectivity index (χ0) is 20.1. The maximum atomic E-state index is 13.0. The zero-order valence-electron chi connectivity index (χ0n) is 15.1. The molecule has 2 amide bonds. The van der Waals surface area contributed by atoms with Gasteiger partial charge in [0.1, 0.15) is 6.54 Å². The highest BCUT2D eigenvalue weighted by molar-refractivity contribution is 5.96. The number of carbonyl (C=O) groups excluding carboxylic acids is 2. The van der Waals surface area contributed by atoms with Gasteiger partial charge in [-0.05, 0) is 38.0 Å². The summed E-state index contributed by atoms with van der Waals surface area (Å²) in [6.07, 6.45) is -2.71. The Hall–Kier alpha value is -2.91. The molecule has 0 saturated carbocycles. The Morgan fingerprint density at radius 2 is 2.07 bits per heavy atom. The van der Waals surface area contributed by atoms with E-state index in [1.54, 1.807) is 11.8 Å². The summed E-state index contributed by atoms with van der Waals surface area (Å²) in [6.45, 7) is 2.70. The maximum Gasteiger partial charge on any atom is 0.416 e. The highest BCUT2D eigenvalue weighted by Gasteiger charge is 2.38. The van der Waals surface area contributed by atoms with Gasteiger partial charge in [-0.25, -0.2) is 4.68 Å². The fourth-order valence-corrected chi connectivity index (χ4v) is 3.82. The minimum absolute atomic E-state index is 0.0176. The van der Waals surface area contributed by atoms with Gasteiger partial charge in [0.25, 0.3) is 5.91 Å². The molecule has 10 heteroatoms. The van der Waals surface area contributed by atoms with Crippen molar-refractivity contribution in [1.82, 2.24) is 24.8 Å². The molecule has 0 N–H and O–H groups in total. The Balaban J connectivity index is 1.60. The lowest BCUT2D eigenvalue weighted by Crippen LogP contribution is -2.55. The highest BCUT2D eigenvalue weighted by atomic mass is 19.4. The molecule has 2 aromatic rings. The lowest BCUT2D eigenvalue weighted by atomic mass is 10.1. The topological polar surface area (TPSA) is 71.3 Å². The molecule has 28 heavy (non-hydrogen) atoms. The average molecular weight is 393 g/mol. The number of amides is 2. The second-order valence-electron chi connectivity index (χ2n) is 7.05. The van der Waals surface area contributed by atoms with E-state index in [2.05, 4.69) is 10.3 Å². The molecule has 0 bridgehead atoms. The zero-order valence-corrected chi connectivity index (χ0v) is 15.1. The van der Waals surface area contributed by atoms with Crippen molar-refractivity contribution >= 4 is 11.8 Å². The van der Waals surface area contributed by atoms with Crippen LogP contribution >= 0.6 is 0 Å². The molecule has 4 rings (SSSR count). The monoisotopic (exact) mass is 393 g/mol. The van der Waals surface area contributed by atoms with Crippen LogP contribution in [0.5, 0.6) is 0 Å². The molecule has 0 radical (unpaired) electrons. The molecule has 148 valence electrons. The van der Waals surface area contributed by atoms with E-state index in [9.17, 15) is 22.8 Å². The molecule has 1 aromatic heterocycles. The first-order chi connectivity index (χ1) is 13.3. The number of halogens is 3. The predicted octanol–water partition coefficient (Wildman–Crippen LogP) is 2.04. The summed E-state index contributed by atoms with van der Waals surface area (Å²) in [7, 11) is 0. The molecule has 1 atom stereocenters. The van der Waals surface area contributed by atoms with E-state index in [1.165, 1.54) is 21.7 Å². The normalized spacial score (nSPS) is 19.9. The van der Waals surface area contributed by atoms with E-state index in [4.69, 9.17) is 0 Å². The highest BCUT2D eigenvalue weighted by Crippen LogP contribution is 2.30. The van der Waals surface area contributed by atoms with E-state index in [1.807, 2.05) is 0 Å². The van der Waals surface area contributed by atoms with Gasteiger partial charge in [0.15, 0.2) is 5.69 Å². The van der Waals surface area contributed by atoms with Gasteiger partial charge in [-0.1, -0.05) is 11.3 Å². The number of piperazine rings is 1. The van der Waals surface area contributed by atoms with Crippen LogP contribution in [0.25, 0.3) is 5.69 Å². The van der Waals surface area contributed by atoms with E-state index < -0.39 is 17.6 Å². The third-order valence-electron chi connectivity index (χ3n) is 5.26. The fourth-order valence-electron chi connectivity index (χ4n) is 3.82. The van der Waals surface area contributed by atoms with E-state index in [0.29, 0.717) is 12.2 Å². The SMILES string of the molecule is Cc1c(C(=O)N2CC(=O)N3CCC[C@@H]3C2)nnn1-c1cccc(C(F)(F)F)c1. The summed E-state index contributed by atoms with van der Waals surface area (Å²) in [5.41, 5.74) is -0.284. The molecule has 2 aliphatic rings. The minimum Gasteiger partial charge on any atom is -0.336 e. The van der Waals surface area contributed by atoms with Crippen molar-refractivity contribution in [2.75, 3.05) is 19.6 Å². The molecule has 2 aliphatic heterocycles. The molecule has 2 saturated heterocycles. The van der Waals surface area contributed by atoms with Gasteiger partial charge in [-0.3, -0.25) is 9.59 Å². The minimum atomic E-state index is -4.48. The summed E-state index contributed by atoms with van der Waals surface area (Å²) in [4.78, 5) is 28.4. The number of benzene rings is 1. The van der Waals surface area contributed by atoms with Crippen molar-refractivity contribution < 1.29 is 22.8 Å². The molecular weight excluding hydrogens is 375 g/mol. The van der Waals surface area contributed by atoms with Gasteiger partial charge in [-0.15, -0.1) is 5.10 Å². The number of alkyl halides is 3. The van der Waals surface area contributed by atoms with Crippen molar-refractivity contribution in [2.24, 2.45) is 0 Å². The Morgan fingerprint density at radius 3 is 2.82 bits per heavy atom. The third-order valence-corrected chi connectivity index (χ3v) is 5.26. The molecule has 3 heterocycles. The van der Waals surface area contributed by atoms with Crippen LogP contribution in [-0.2, 0) is 11.0 Å². The second kappa shape index (κ2) is 6.61. The molecule has 0 unspecified atom stereocenters. The second-order valence-corrected chi connectivity index (χ2v) is 7.05. The first-order valence-electron chi connectivity index (χ1n) is 8.94. The van der Waals surface area contributed by atoms with Crippen LogP contribution in [-0.4, -0.2) is 62.3 Å². The Bertz CT molecular complexity index is 940.